The number of nitrogens with one attached hydrogen (secondary N) is 2. The first kappa shape index (κ1) is 15.4. The lowest BCUT2D eigenvalue weighted by molar-refractivity contribution is 0.104. The number of benzene rings is 1. The molecule has 0 aromatic heterocycles. The third-order valence-electron chi connectivity index (χ3n) is 3.15. The van der Waals surface area contributed by atoms with Crippen LogP contribution in [0, 0.1) is 0 Å². The standard InChI is InChI=1S/C15H22N2O4/c1-10(2)16-7-11-4-5-12(19-3)6-14(11)20-9-13-8-17-15(18)21-13/h4-6,10,13,16H,7-9H2,1-3H3,(H,17,18). The van der Waals surface area contributed by atoms with E-state index in [1.807, 2.05) is 18.2 Å². The maximum atomic E-state index is 11.0. The third kappa shape index (κ3) is 4.53. The third-order valence-corrected chi connectivity index (χ3v) is 3.15. The molecule has 1 unspecified atom stereocenters. The summed E-state index contributed by atoms with van der Waals surface area (Å²) in [5.41, 5.74) is 1.04. The van der Waals surface area contributed by atoms with E-state index in [-0.39, 0.29) is 6.10 Å². The maximum Gasteiger partial charge on any atom is 0.407 e. The van der Waals surface area contributed by atoms with Crippen LogP contribution in [0.25, 0.3) is 0 Å². The monoisotopic (exact) mass is 294 g/mol. The molecule has 1 heterocycles. The molecule has 21 heavy (non-hydrogen) atoms. The second kappa shape index (κ2) is 7.17. The van der Waals surface area contributed by atoms with Gasteiger partial charge in [0, 0.05) is 24.2 Å². The van der Waals surface area contributed by atoms with Crippen LogP contribution in [0.4, 0.5) is 4.79 Å². The number of ether oxygens (including phenoxy) is 3. The Balaban J connectivity index is 2.01. The van der Waals surface area contributed by atoms with Crippen molar-refractivity contribution in [2.75, 3.05) is 20.3 Å². The highest BCUT2D eigenvalue weighted by Crippen LogP contribution is 2.25. The Hall–Kier alpha value is -1.95. The summed E-state index contributed by atoms with van der Waals surface area (Å²) in [5, 5.41) is 5.96. The molecule has 0 aliphatic carbocycles. The van der Waals surface area contributed by atoms with Crippen molar-refractivity contribution in [3.63, 3.8) is 0 Å². The fourth-order valence-corrected chi connectivity index (χ4v) is 1.96. The summed E-state index contributed by atoms with van der Waals surface area (Å²) >= 11 is 0. The molecule has 1 aliphatic heterocycles. The minimum absolute atomic E-state index is 0.255. The van der Waals surface area contributed by atoms with Crippen LogP contribution in [-0.2, 0) is 11.3 Å². The van der Waals surface area contributed by atoms with Crippen molar-refractivity contribution in [3.8, 4) is 11.5 Å². The number of rotatable bonds is 7. The molecule has 1 fully saturated rings. The van der Waals surface area contributed by atoms with Gasteiger partial charge < -0.3 is 24.8 Å². The van der Waals surface area contributed by atoms with Gasteiger partial charge in [-0.2, -0.15) is 0 Å². The largest absolute Gasteiger partial charge is 0.497 e. The Morgan fingerprint density at radius 2 is 2.29 bits per heavy atom. The van der Waals surface area contributed by atoms with Gasteiger partial charge in [-0.1, -0.05) is 19.9 Å². The number of carbonyl (C=O) groups is 1. The smallest absolute Gasteiger partial charge is 0.407 e. The summed E-state index contributed by atoms with van der Waals surface area (Å²) in [4.78, 5) is 11.0. The Morgan fingerprint density at radius 3 is 2.90 bits per heavy atom. The molecule has 116 valence electrons. The molecule has 1 aromatic carbocycles. The predicted octanol–water partition coefficient (Wildman–Crippen LogP) is 1.68. The molecule has 1 aliphatic rings. The van der Waals surface area contributed by atoms with Crippen molar-refractivity contribution in [3.05, 3.63) is 23.8 Å². The van der Waals surface area contributed by atoms with Crippen LogP contribution < -0.4 is 20.1 Å². The number of amides is 1. The zero-order valence-electron chi connectivity index (χ0n) is 12.6. The van der Waals surface area contributed by atoms with Crippen molar-refractivity contribution < 1.29 is 19.0 Å². The highest BCUT2D eigenvalue weighted by molar-refractivity contribution is 5.69. The molecule has 1 amide bonds. The quantitative estimate of drug-likeness (QED) is 0.801. The molecule has 0 radical (unpaired) electrons. The molecule has 6 nitrogen and oxygen atoms in total. The number of cyclic esters (lactones) is 1. The fourth-order valence-electron chi connectivity index (χ4n) is 1.96. The summed E-state index contributed by atoms with van der Waals surface area (Å²) in [6, 6.07) is 6.12. The first-order valence-electron chi connectivity index (χ1n) is 7.06. The molecule has 0 bridgehead atoms. The number of carbonyl (C=O) groups excluding carboxylic acids is 1. The van der Waals surface area contributed by atoms with Gasteiger partial charge in [0.2, 0.25) is 0 Å². The van der Waals surface area contributed by atoms with Gasteiger partial charge in [0.05, 0.1) is 13.7 Å². The van der Waals surface area contributed by atoms with Gasteiger partial charge >= 0.3 is 6.09 Å². The van der Waals surface area contributed by atoms with Crippen LogP contribution in [-0.4, -0.2) is 38.5 Å². The van der Waals surface area contributed by atoms with Crippen molar-refractivity contribution in [2.24, 2.45) is 0 Å². The Labute approximate surface area is 124 Å². The van der Waals surface area contributed by atoms with Crippen LogP contribution in [0.15, 0.2) is 18.2 Å². The molecule has 6 heteroatoms. The van der Waals surface area contributed by atoms with Crippen LogP contribution in [0.2, 0.25) is 0 Å². The first-order valence-corrected chi connectivity index (χ1v) is 7.06. The van der Waals surface area contributed by atoms with Crippen LogP contribution in [0.3, 0.4) is 0 Å². The highest BCUT2D eigenvalue weighted by Gasteiger charge is 2.23. The van der Waals surface area contributed by atoms with Gasteiger partial charge in [0.15, 0.2) is 6.10 Å². The molecule has 1 atom stereocenters. The van der Waals surface area contributed by atoms with E-state index in [1.165, 1.54) is 0 Å². The molecule has 1 aromatic rings. The lowest BCUT2D eigenvalue weighted by atomic mass is 10.1. The van der Waals surface area contributed by atoms with E-state index >= 15 is 0 Å². The van der Waals surface area contributed by atoms with Crippen LogP contribution >= 0.6 is 0 Å². The second-order valence-electron chi connectivity index (χ2n) is 5.23. The minimum atomic E-state index is -0.393. The summed E-state index contributed by atoms with van der Waals surface area (Å²) in [5.74, 6) is 1.48. The van der Waals surface area contributed by atoms with E-state index < -0.39 is 6.09 Å². The topological polar surface area (TPSA) is 68.8 Å². The van der Waals surface area contributed by atoms with Gasteiger partial charge in [-0.3, -0.25) is 0 Å². The average molecular weight is 294 g/mol. The van der Waals surface area contributed by atoms with Gasteiger partial charge in [-0.15, -0.1) is 0 Å². The lowest BCUT2D eigenvalue weighted by Gasteiger charge is -2.16. The van der Waals surface area contributed by atoms with E-state index in [1.54, 1.807) is 7.11 Å². The Kier molecular flexibility index (Phi) is 5.27. The summed E-state index contributed by atoms with van der Waals surface area (Å²) < 4.78 is 16.1. The van der Waals surface area contributed by atoms with Crippen molar-refractivity contribution in [1.82, 2.24) is 10.6 Å². The van der Waals surface area contributed by atoms with Crippen molar-refractivity contribution in [2.45, 2.75) is 32.5 Å². The normalized spacial score (nSPS) is 17.5. The number of hydrogen-bond donors (Lipinski definition) is 2. The first-order chi connectivity index (χ1) is 10.1. The fraction of sp³-hybridized carbons (Fsp3) is 0.533. The molecular formula is C15H22N2O4. The zero-order chi connectivity index (χ0) is 15.2. The zero-order valence-corrected chi connectivity index (χ0v) is 12.6. The van der Waals surface area contributed by atoms with Crippen LogP contribution in [0.5, 0.6) is 11.5 Å². The van der Waals surface area contributed by atoms with Gasteiger partial charge in [-0.05, 0) is 6.07 Å². The Morgan fingerprint density at radius 1 is 1.48 bits per heavy atom. The molecular weight excluding hydrogens is 272 g/mol. The SMILES string of the molecule is COc1ccc(CNC(C)C)c(OCC2CNC(=O)O2)c1. The van der Waals surface area contributed by atoms with E-state index in [4.69, 9.17) is 14.2 Å². The van der Waals surface area contributed by atoms with Gasteiger partial charge in [-0.25, -0.2) is 4.79 Å². The van der Waals surface area contributed by atoms with Gasteiger partial charge in [0.1, 0.15) is 18.1 Å². The highest BCUT2D eigenvalue weighted by atomic mass is 16.6. The average Bonchev–Trinajstić information content (AvgIpc) is 2.88. The number of methoxy groups -OCH3 is 1. The Bertz CT molecular complexity index is 491. The predicted molar refractivity (Wildman–Crippen MR) is 78.7 cm³/mol. The second-order valence-corrected chi connectivity index (χ2v) is 5.23. The maximum absolute atomic E-state index is 11.0. The van der Waals surface area contributed by atoms with E-state index in [0.29, 0.717) is 25.7 Å². The summed E-state index contributed by atoms with van der Waals surface area (Å²) in [6.07, 6.45) is -0.648. The molecule has 2 rings (SSSR count). The summed E-state index contributed by atoms with van der Waals surface area (Å²) in [7, 11) is 1.62. The molecule has 0 saturated carbocycles. The molecule has 1 saturated heterocycles. The van der Waals surface area contributed by atoms with E-state index in [2.05, 4.69) is 24.5 Å². The van der Waals surface area contributed by atoms with Gasteiger partial charge in [0.25, 0.3) is 0 Å². The molecule has 0 spiro atoms. The minimum Gasteiger partial charge on any atom is -0.497 e. The molecule has 2 N–H and O–H groups in total. The number of hydrogen-bond acceptors (Lipinski definition) is 5. The number of alkyl carbamates (subject to hydrolysis) is 1. The van der Waals surface area contributed by atoms with Crippen LogP contribution in [0.1, 0.15) is 19.4 Å². The van der Waals surface area contributed by atoms with Crippen molar-refractivity contribution in [1.29, 1.82) is 0 Å². The lowest BCUT2D eigenvalue weighted by Crippen LogP contribution is -2.24. The van der Waals surface area contributed by atoms with Crippen molar-refractivity contribution >= 4 is 6.09 Å². The summed E-state index contributed by atoms with van der Waals surface area (Å²) in [6.45, 7) is 5.68. The van der Waals surface area contributed by atoms with E-state index in [0.717, 1.165) is 17.1 Å². The van der Waals surface area contributed by atoms with E-state index in [9.17, 15) is 4.79 Å².